The molecule has 0 atom stereocenters. The molecular formula is C62H54BN5. The molecule has 8 aromatic carbocycles. The molecule has 12 rings (SSSR count). The summed E-state index contributed by atoms with van der Waals surface area (Å²) in [5.74, 6) is 1.08. The normalized spacial score (nSPS) is 13.1. The predicted molar refractivity (Wildman–Crippen MR) is 289 cm³/mol. The Labute approximate surface area is 400 Å². The summed E-state index contributed by atoms with van der Waals surface area (Å²) in [6.45, 7) is 15.8. The minimum atomic E-state index is -0.136. The molecule has 0 spiro atoms. The highest BCUT2D eigenvalue weighted by atomic mass is 15.3. The molecule has 68 heavy (non-hydrogen) atoms. The second kappa shape index (κ2) is 15.6. The van der Waals surface area contributed by atoms with Gasteiger partial charge in [0.1, 0.15) is 11.5 Å². The molecule has 2 aliphatic rings. The molecule has 0 radical (unpaired) electrons. The average Bonchev–Trinajstić information content (AvgIpc) is 3.73. The van der Waals surface area contributed by atoms with E-state index >= 15 is 0 Å². The first-order valence-corrected chi connectivity index (χ1v) is 23.9. The van der Waals surface area contributed by atoms with E-state index in [1.807, 2.05) is 0 Å². The second-order valence-electron chi connectivity index (χ2n) is 20.6. The largest absolute Gasteiger partial charge is 0.311 e. The van der Waals surface area contributed by atoms with Crippen molar-refractivity contribution in [3.8, 4) is 11.1 Å². The summed E-state index contributed by atoms with van der Waals surface area (Å²) in [7, 11) is 0. The number of anilines is 9. The summed E-state index contributed by atoms with van der Waals surface area (Å²) in [6.07, 6.45) is 2.32. The smallest absolute Gasteiger partial charge is 0.277 e. The van der Waals surface area contributed by atoms with E-state index in [1.54, 1.807) is 0 Å². The van der Waals surface area contributed by atoms with Gasteiger partial charge < -0.3 is 9.80 Å². The van der Waals surface area contributed by atoms with Gasteiger partial charge in [-0.15, -0.1) is 0 Å². The first kappa shape index (κ1) is 41.6. The third-order valence-corrected chi connectivity index (χ3v) is 14.1. The monoisotopic (exact) mass is 879 g/mol. The van der Waals surface area contributed by atoms with Crippen LogP contribution in [0.4, 0.5) is 51.3 Å². The fourth-order valence-corrected chi connectivity index (χ4v) is 10.7. The molecule has 6 heteroatoms. The lowest BCUT2D eigenvalue weighted by Crippen LogP contribution is -2.62. The Morgan fingerprint density at radius 2 is 1.07 bits per heavy atom. The van der Waals surface area contributed by atoms with Crippen molar-refractivity contribution < 1.29 is 0 Å². The summed E-state index contributed by atoms with van der Waals surface area (Å²) in [5, 5.41) is 2.40. The average molecular weight is 880 g/mol. The topological polar surface area (TPSA) is 27.0 Å². The number of fused-ring (bicyclic) bond motifs is 7. The van der Waals surface area contributed by atoms with Crippen LogP contribution in [0.5, 0.6) is 0 Å². The molecule has 0 saturated heterocycles. The van der Waals surface area contributed by atoms with Crippen molar-refractivity contribution in [3.05, 3.63) is 217 Å². The van der Waals surface area contributed by atoms with E-state index in [0.717, 1.165) is 51.2 Å². The maximum atomic E-state index is 5.64. The van der Waals surface area contributed by atoms with Crippen LogP contribution in [-0.4, -0.2) is 16.1 Å². The number of nitrogens with zero attached hydrogens (tertiary/aromatic N) is 5. The summed E-state index contributed by atoms with van der Waals surface area (Å²) >= 11 is 0. The van der Waals surface area contributed by atoms with Crippen LogP contribution in [0.3, 0.4) is 0 Å². The van der Waals surface area contributed by atoms with Gasteiger partial charge in [-0.3, -0.25) is 9.30 Å². The fraction of sp³-hybridized carbons (Fsp3) is 0.145. The Morgan fingerprint density at radius 3 is 1.74 bits per heavy atom. The van der Waals surface area contributed by atoms with Crippen LogP contribution < -0.4 is 31.2 Å². The van der Waals surface area contributed by atoms with Gasteiger partial charge in [0.15, 0.2) is 0 Å². The van der Waals surface area contributed by atoms with Gasteiger partial charge >= 0.3 is 0 Å². The van der Waals surface area contributed by atoms with Gasteiger partial charge in [-0.05, 0) is 135 Å². The lowest BCUT2D eigenvalue weighted by atomic mass is 9.35. The Morgan fingerprint density at radius 1 is 0.500 bits per heavy atom. The van der Waals surface area contributed by atoms with Crippen molar-refractivity contribution in [1.29, 1.82) is 0 Å². The summed E-state index contributed by atoms with van der Waals surface area (Å²) in [5.41, 5.74) is 19.6. The molecule has 0 fully saturated rings. The number of hydrogen-bond acceptors (Lipinski definition) is 4. The standard InChI is InChI=1S/C62H54BN5/c1-41-37-55-58-56(38-41)68(46-23-15-10-16-24-46)60-59(64-57-36-29-44(40-65(57)60)62(5,6)7)63(58)52-34-32-48(39-54(52)67(55)45-21-13-9-14-22-45)66(47-30-27-43(28-31-47)61(2,3)4)53-35-33-49(42-19-11-8-12-20-42)50-25-17-18-26-51(50)53/h8-40H,1-7H3. The van der Waals surface area contributed by atoms with Crippen LogP contribution in [0.15, 0.2) is 200 Å². The molecule has 330 valence electrons. The van der Waals surface area contributed by atoms with Crippen LogP contribution in [-0.2, 0) is 10.8 Å². The number of pyridine rings is 1. The first-order valence-electron chi connectivity index (χ1n) is 23.9. The van der Waals surface area contributed by atoms with Crippen LogP contribution in [0, 0.1) is 6.92 Å². The molecular weight excluding hydrogens is 826 g/mol. The number of aromatic nitrogens is 2. The molecule has 0 N–H and O–H groups in total. The second-order valence-corrected chi connectivity index (χ2v) is 20.6. The minimum absolute atomic E-state index is 0.0148. The van der Waals surface area contributed by atoms with E-state index in [2.05, 4.69) is 268 Å². The van der Waals surface area contributed by atoms with Crippen molar-refractivity contribution in [3.63, 3.8) is 0 Å². The zero-order chi connectivity index (χ0) is 46.5. The first-order chi connectivity index (χ1) is 32.9. The molecule has 0 bridgehead atoms. The third-order valence-electron chi connectivity index (χ3n) is 14.1. The molecule has 10 aromatic rings. The zero-order valence-corrected chi connectivity index (χ0v) is 39.9. The van der Waals surface area contributed by atoms with Gasteiger partial charge in [0, 0.05) is 51.4 Å². The van der Waals surface area contributed by atoms with E-state index in [1.165, 1.54) is 60.9 Å². The molecule has 0 saturated carbocycles. The van der Waals surface area contributed by atoms with Gasteiger partial charge in [0.25, 0.3) is 6.71 Å². The highest BCUT2D eigenvalue weighted by Crippen LogP contribution is 2.48. The Kier molecular flexibility index (Phi) is 9.56. The lowest BCUT2D eigenvalue weighted by molar-refractivity contribution is 0.586. The molecule has 4 heterocycles. The van der Waals surface area contributed by atoms with Crippen molar-refractivity contribution in [2.24, 2.45) is 0 Å². The fourth-order valence-electron chi connectivity index (χ4n) is 10.7. The highest BCUT2D eigenvalue weighted by Gasteiger charge is 2.46. The Bertz CT molecular complexity index is 3550. The number of rotatable bonds is 6. The van der Waals surface area contributed by atoms with E-state index < -0.39 is 0 Å². The number of hydrogen-bond donors (Lipinski definition) is 0. The van der Waals surface area contributed by atoms with Crippen LogP contribution in [0.2, 0.25) is 0 Å². The van der Waals surface area contributed by atoms with E-state index in [-0.39, 0.29) is 17.5 Å². The SMILES string of the molecule is Cc1cc2c3c(c1)N(c1ccccc1)c1c(nc4ccc(C(C)(C)C)cn14)B3c1ccc(N(c3ccc(C(C)(C)C)cc3)c3ccc(-c4ccccc4)c4ccccc34)cc1N2c1ccccc1. The number of aryl methyl sites for hydroxylation is 1. The number of benzene rings is 8. The van der Waals surface area contributed by atoms with Crippen molar-refractivity contribution >= 4 is 91.0 Å². The van der Waals surface area contributed by atoms with Crippen LogP contribution >= 0.6 is 0 Å². The number of imidazole rings is 1. The summed E-state index contributed by atoms with van der Waals surface area (Å²) < 4.78 is 2.35. The van der Waals surface area contributed by atoms with E-state index in [0.29, 0.717) is 0 Å². The van der Waals surface area contributed by atoms with Crippen LogP contribution in [0.25, 0.3) is 27.5 Å². The van der Waals surface area contributed by atoms with Gasteiger partial charge in [0.05, 0.1) is 11.3 Å². The lowest BCUT2D eigenvalue weighted by Gasteiger charge is -2.43. The molecule has 5 nitrogen and oxygen atoms in total. The van der Waals surface area contributed by atoms with Crippen molar-refractivity contribution in [2.45, 2.75) is 59.3 Å². The molecule has 0 aliphatic carbocycles. The van der Waals surface area contributed by atoms with Crippen molar-refractivity contribution in [2.75, 3.05) is 14.7 Å². The van der Waals surface area contributed by atoms with Gasteiger partial charge in [-0.2, -0.15) is 0 Å². The summed E-state index contributed by atoms with van der Waals surface area (Å²) in [4.78, 5) is 13.1. The minimum Gasteiger partial charge on any atom is -0.311 e. The summed E-state index contributed by atoms with van der Waals surface area (Å²) in [6, 6.07) is 71.5. The maximum absolute atomic E-state index is 5.64. The Balaban J connectivity index is 1.14. The van der Waals surface area contributed by atoms with E-state index in [4.69, 9.17) is 4.98 Å². The predicted octanol–water partition coefficient (Wildman–Crippen LogP) is 14.6. The highest BCUT2D eigenvalue weighted by molar-refractivity contribution is 7.00. The van der Waals surface area contributed by atoms with Crippen molar-refractivity contribution in [1.82, 2.24) is 9.38 Å². The molecule has 0 amide bonds. The van der Waals surface area contributed by atoms with Gasteiger partial charge in [-0.1, -0.05) is 163 Å². The number of para-hydroxylation sites is 2. The molecule has 0 unspecified atom stereocenters. The van der Waals surface area contributed by atoms with Gasteiger partial charge in [0.2, 0.25) is 0 Å². The van der Waals surface area contributed by atoms with Crippen LogP contribution in [0.1, 0.15) is 58.2 Å². The molecule has 2 aliphatic heterocycles. The molecule has 2 aromatic heterocycles. The van der Waals surface area contributed by atoms with E-state index in [9.17, 15) is 0 Å². The third kappa shape index (κ3) is 6.72. The zero-order valence-electron chi connectivity index (χ0n) is 39.9. The Hall–Kier alpha value is -7.83. The van der Waals surface area contributed by atoms with Gasteiger partial charge in [-0.25, -0.2) is 4.98 Å². The quantitative estimate of drug-likeness (QED) is 0.156. The maximum Gasteiger partial charge on any atom is 0.277 e.